The zero-order chi connectivity index (χ0) is 16.3. The van der Waals surface area contributed by atoms with E-state index in [4.69, 9.17) is 5.73 Å². The molecule has 0 aromatic heterocycles. The Hall–Kier alpha value is -0.570. The Kier molecular flexibility index (Phi) is 6.73. The summed E-state index contributed by atoms with van der Waals surface area (Å²) in [7, 11) is 0. The van der Waals surface area contributed by atoms with E-state index in [0.717, 1.165) is 6.54 Å². The molecular formula is C17H36N2O. The molecule has 0 rings (SSSR count). The molecule has 0 aromatic rings. The normalized spacial score (nSPS) is 16.2. The Balaban J connectivity index is 5.70. The number of rotatable bonds is 7. The molecule has 1 amide bonds. The van der Waals surface area contributed by atoms with Gasteiger partial charge in [-0.2, -0.15) is 0 Å². The van der Waals surface area contributed by atoms with Gasteiger partial charge in [-0.3, -0.25) is 4.79 Å². The maximum absolute atomic E-state index is 12.4. The SMILES string of the molecule is CC(C)C(C(C)C)C(NCC(C)(C)C)(C(N)=O)C(C)C. The van der Waals surface area contributed by atoms with Gasteiger partial charge in [0.2, 0.25) is 5.91 Å². The highest BCUT2D eigenvalue weighted by molar-refractivity contribution is 5.85. The van der Waals surface area contributed by atoms with Gasteiger partial charge in [-0.05, 0) is 29.1 Å². The molecule has 1 unspecified atom stereocenters. The van der Waals surface area contributed by atoms with Crippen LogP contribution < -0.4 is 11.1 Å². The lowest BCUT2D eigenvalue weighted by atomic mass is 9.65. The predicted molar refractivity (Wildman–Crippen MR) is 87.4 cm³/mol. The molecule has 0 bridgehead atoms. The summed E-state index contributed by atoms with van der Waals surface area (Å²) in [4.78, 5) is 12.4. The van der Waals surface area contributed by atoms with Gasteiger partial charge in [0, 0.05) is 6.54 Å². The third-order valence-corrected chi connectivity index (χ3v) is 4.19. The van der Waals surface area contributed by atoms with Crippen molar-refractivity contribution in [2.75, 3.05) is 6.54 Å². The van der Waals surface area contributed by atoms with Crippen LogP contribution in [0.1, 0.15) is 62.3 Å². The number of hydrogen-bond donors (Lipinski definition) is 2. The van der Waals surface area contributed by atoms with E-state index in [9.17, 15) is 4.79 Å². The second-order valence-corrected chi connectivity index (χ2v) is 8.32. The highest BCUT2D eigenvalue weighted by Gasteiger charge is 2.49. The molecule has 0 fully saturated rings. The molecule has 0 spiro atoms. The van der Waals surface area contributed by atoms with Gasteiger partial charge in [0.05, 0.1) is 0 Å². The standard InChI is InChI=1S/C17H36N2O/c1-11(2)14(12(3)4)17(13(5)6,15(18)20)19-10-16(7,8)9/h11-14,19H,10H2,1-9H3,(H2,18,20). The third-order valence-electron chi connectivity index (χ3n) is 4.19. The number of amides is 1. The van der Waals surface area contributed by atoms with Crippen LogP contribution in [-0.4, -0.2) is 18.0 Å². The maximum Gasteiger partial charge on any atom is 0.238 e. The van der Waals surface area contributed by atoms with Crippen molar-refractivity contribution in [3.63, 3.8) is 0 Å². The molecule has 20 heavy (non-hydrogen) atoms. The molecule has 0 saturated carbocycles. The lowest BCUT2D eigenvalue weighted by Crippen LogP contribution is -2.66. The van der Waals surface area contributed by atoms with E-state index < -0.39 is 5.54 Å². The molecule has 3 heteroatoms. The highest BCUT2D eigenvalue weighted by atomic mass is 16.1. The van der Waals surface area contributed by atoms with E-state index >= 15 is 0 Å². The Morgan fingerprint density at radius 2 is 1.40 bits per heavy atom. The van der Waals surface area contributed by atoms with E-state index in [1.54, 1.807) is 0 Å². The van der Waals surface area contributed by atoms with Crippen molar-refractivity contribution in [2.45, 2.75) is 67.9 Å². The van der Waals surface area contributed by atoms with Crippen LogP contribution in [0.25, 0.3) is 0 Å². The molecule has 1 atom stereocenters. The van der Waals surface area contributed by atoms with Crippen molar-refractivity contribution in [1.82, 2.24) is 5.32 Å². The van der Waals surface area contributed by atoms with E-state index in [1.165, 1.54) is 0 Å². The first-order valence-corrected chi connectivity index (χ1v) is 7.91. The second kappa shape index (κ2) is 6.93. The van der Waals surface area contributed by atoms with Crippen LogP contribution in [0.3, 0.4) is 0 Å². The van der Waals surface area contributed by atoms with Crippen LogP contribution in [0.2, 0.25) is 0 Å². The van der Waals surface area contributed by atoms with Gasteiger partial charge in [-0.25, -0.2) is 0 Å². The van der Waals surface area contributed by atoms with Crippen LogP contribution >= 0.6 is 0 Å². The molecule has 0 aliphatic carbocycles. The largest absolute Gasteiger partial charge is 0.368 e. The number of carbonyl (C=O) groups is 1. The quantitative estimate of drug-likeness (QED) is 0.752. The zero-order valence-corrected chi connectivity index (χ0v) is 15.0. The van der Waals surface area contributed by atoms with Crippen molar-refractivity contribution in [1.29, 1.82) is 0 Å². The highest BCUT2D eigenvalue weighted by Crippen LogP contribution is 2.37. The van der Waals surface area contributed by atoms with Crippen molar-refractivity contribution in [3.8, 4) is 0 Å². The van der Waals surface area contributed by atoms with Crippen LogP contribution in [0.15, 0.2) is 0 Å². The van der Waals surface area contributed by atoms with Crippen LogP contribution in [0, 0.1) is 29.1 Å². The van der Waals surface area contributed by atoms with E-state index in [-0.39, 0.29) is 23.2 Å². The Morgan fingerprint density at radius 3 is 1.60 bits per heavy atom. The summed E-state index contributed by atoms with van der Waals surface area (Å²) >= 11 is 0. The minimum Gasteiger partial charge on any atom is -0.368 e. The molecule has 3 N–H and O–H groups in total. The average molecular weight is 284 g/mol. The fraction of sp³-hybridized carbons (Fsp3) is 0.941. The van der Waals surface area contributed by atoms with E-state index in [2.05, 4.69) is 67.6 Å². The van der Waals surface area contributed by atoms with E-state index in [0.29, 0.717) is 11.8 Å². The zero-order valence-electron chi connectivity index (χ0n) is 15.0. The molecular weight excluding hydrogens is 248 g/mol. The molecule has 120 valence electrons. The Morgan fingerprint density at radius 1 is 1.00 bits per heavy atom. The van der Waals surface area contributed by atoms with Gasteiger partial charge in [0.15, 0.2) is 0 Å². The second-order valence-electron chi connectivity index (χ2n) is 8.32. The first-order chi connectivity index (χ1) is 8.86. The minimum atomic E-state index is -0.643. The van der Waals surface area contributed by atoms with Crippen molar-refractivity contribution < 1.29 is 4.79 Å². The lowest BCUT2D eigenvalue weighted by Gasteiger charge is -2.47. The van der Waals surface area contributed by atoms with Crippen LogP contribution in [0.5, 0.6) is 0 Å². The number of nitrogens with two attached hydrogens (primary N) is 1. The van der Waals surface area contributed by atoms with Gasteiger partial charge < -0.3 is 11.1 Å². The smallest absolute Gasteiger partial charge is 0.238 e. The summed E-state index contributed by atoms with van der Waals surface area (Å²) < 4.78 is 0. The molecule has 0 aromatic carbocycles. The molecule has 0 radical (unpaired) electrons. The summed E-state index contributed by atoms with van der Waals surface area (Å²) in [6.07, 6.45) is 0. The molecule has 0 aliphatic rings. The fourth-order valence-corrected chi connectivity index (χ4v) is 3.48. The number of primary amides is 1. The first kappa shape index (κ1) is 19.4. The summed E-state index contributed by atoms with van der Waals surface area (Å²) in [5, 5.41) is 3.56. The van der Waals surface area contributed by atoms with E-state index in [1.807, 2.05) is 0 Å². The molecule has 0 heterocycles. The Bertz CT molecular complexity index is 307. The van der Waals surface area contributed by atoms with Crippen LogP contribution in [-0.2, 0) is 4.79 Å². The van der Waals surface area contributed by atoms with Crippen molar-refractivity contribution in [2.24, 2.45) is 34.8 Å². The van der Waals surface area contributed by atoms with Crippen molar-refractivity contribution >= 4 is 5.91 Å². The van der Waals surface area contributed by atoms with Gasteiger partial charge in [0.25, 0.3) is 0 Å². The predicted octanol–water partition coefficient (Wildman–Crippen LogP) is 3.43. The van der Waals surface area contributed by atoms with Gasteiger partial charge in [-0.15, -0.1) is 0 Å². The lowest BCUT2D eigenvalue weighted by molar-refractivity contribution is -0.131. The van der Waals surface area contributed by atoms with Gasteiger partial charge in [-0.1, -0.05) is 62.3 Å². The average Bonchev–Trinajstić information content (AvgIpc) is 2.19. The van der Waals surface area contributed by atoms with Gasteiger partial charge >= 0.3 is 0 Å². The summed E-state index contributed by atoms with van der Waals surface area (Å²) in [6, 6.07) is 0. The topological polar surface area (TPSA) is 55.1 Å². The first-order valence-electron chi connectivity index (χ1n) is 7.91. The molecule has 0 aliphatic heterocycles. The van der Waals surface area contributed by atoms with Gasteiger partial charge in [0.1, 0.15) is 5.54 Å². The number of hydrogen-bond acceptors (Lipinski definition) is 2. The third kappa shape index (κ3) is 4.47. The summed E-state index contributed by atoms with van der Waals surface area (Å²) in [6.45, 7) is 20.2. The number of nitrogens with one attached hydrogen (secondary N) is 1. The van der Waals surface area contributed by atoms with Crippen LogP contribution in [0.4, 0.5) is 0 Å². The summed E-state index contributed by atoms with van der Waals surface area (Å²) in [5.41, 5.74) is 5.35. The summed E-state index contributed by atoms with van der Waals surface area (Å²) in [5.74, 6) is 0.971. The monoisotopic (exact) mass is 284 g/mol. The minimum absolute atomic E-state index is 0.119. The van der Waals surface area contributed by atoms with Crippen molar-refractivity contribution in [3.05, 3.63) is 0 Å². The number of carbonyl (C=O) groups excluding carboxylic acids is 1. The fourth-order valence-electron chi connectivity index (χ4n) is 3.48. The maximum atomic E-state index is 12.4. The molecule has 0 saturated heterocycles. The Labute approximate surface area is 126 Å². The molecule has 3 nitrogen and oxygen atoms in total.